The molecule has 0 spiro atoms. The number of methoxy groups -OCH3 is 1. The van der Waals surface area contributed by atoms with Gasteiger partial charge in [0.05, 0.1) is 23.9 Å². The molecule has 3 aliphatic rings. The van der Waals surface area contributed by atoms with Crippen LogP contribution in [0.5, 0.6) is 6.01 Å². The van der Waals surface area contributed by atoms with Gasteiger partial charge in [-0.25, -0.2) is 9.37 Å². The monoisotopic (exact) mass is 342 g/mol. The van der Waals surface area contributed by atoms with Crippen molar-refractivity contribution in [3.63, 3.8) is 0 Å². The van der Waals surface area contributed by atoms with Gasteiger partial charge in [0.15, 0.2) is 0 Å². The van der Waals surface area contributed by atoms with E-state index >= 15 is 0 Å². The average molecular weight is 342 g/mol. The second-order valence-corrected chi connectivity index (χ2v) is 6.54. The fraction of sp³-hybridized carbons (Fsp3) is 0.467. The zero-order chi connectivity index (χ0) is 17.3. The molecule has 3 saturated carbocycles. The molecule has 0 atom stereocenters. The second-order valence-electron chi connectivity index (χ2n) is 6.54. The summed E-state index contributed by atoms with van der Waals surface area (Å²) in [5.41, 5.74) is 3.27. The minimum atomic E-state index is -4.60. The quantitative estimate of drug-likeness (QED) is 0.870. The zero-order valence-corrected chi connectivity index (χ0v) is 12.7. The molecule has 0 radical (unpaired) electrons. The highest BCUT2D eigenvalue weighted by Gasteiger charge is 2.71. The van der Waals surface area contributed by atoms with E-state index in [1.807, 2.05) is 0 Å². The van der Waals surface area contributed by atoms with Gasteiger partial charge >= 0.3 is 6.18 Å². The second kappa shape index (κ2) is 4.40. The molecule has 0 unspecified atom stereocenters. The number of anilines is 1. The largest absolute Gasteiger partial charge is 0.468 e. The highest BCUT2D eigenvalue weighted by molar-refractivity contribution is 5.62. The highest BCUT2D eigenvalue weighted by atomic mass is 19.4. The minimum absolute atomic E-state index is 0.176. The van der Waals surface area contributed by atoms with Gasteiger partial charge < -0.3 is 10.5 Å². The van der Waals surface area contributed by atoms with E-state index < -0.39 is 23.2 Å². The molecule has 2 bridgehead atoms. The number of ether oxygens (including phenoxy) is 1. The third-order valence-corrected chi connectivity index (χ3v) is 4.82. The van der Waals surface area contributed by atoms with Crippen LogP contribution in [0.1, 0.15) is 24.8 Å². The molecular formula is C15H14F4N4O. The standard InChI is InChI=1S/C15H14F4N4O/c1-24-12-22-10(4-23(12)14-5-13(16,6-14)7-14)8-2-9(15(17,18)19)11(20)21-3-8/h2-4H,5-7H2,1H3,(H2,20,21). The summed E-state index contributed by atoms with van der Waals surface area (Å²) >= 11 is 0. The summed E-state index contributed by atoms with van der Waals surface area (Å²) in [7, 11) is 1.42. The summed E-state index contributed by atoms with van der Waals surface area (Å²) in [6.45, 7) is 0. The zero-order valence-electron chi connectivity index (χ0n) is 12.7. The Kier molecular flexibility index (Phi) is 2.79. The molecule has 0 aromatic carbocycles. The van der Waals surface area contributed by atoms with Crippen molar-refractivity contribution in [3.05, 3.63) is 24.0 Å². The SMILES string of the molecule is COc1nc(-c2cnc(N)c(C(F)(F)F)c2)cn1C12CC(F)(C1)C2. The topological polar surface area (TPSA) is 66.0 Å². The number of aromatic nitrogens is 3. The van der Waals surface area contributed by atoms with Crippen LogP contribution in [-0.4, -0.2) is 27.3 Å². The van der Waals surface area contributed by atoms with Gasteiger partial charge in [0.1, 0.15) is 11.5 Å². The van der Waals surface area contributed by atoms with Crippen molar-refractivity contribution in [2.24, 2.45) is 0 Å². The number of nitrogens with two attached hydrogens (primary N) is 1. The summed E-state index contributed by atoms with van der Waals surface area (Å²) in [6, 6.07) is 1.16. The summed E-state index contributed by atoms with van der Waals surface area (Å²) in [4.78, 5) is 7.83. The van der Waals surface area contributed by atoms with Crippen molar-refractivity contribution < 1.29 is 22.3 Å². The predicted octanol–water partition coefficient (Wildman–Crippen LogP) is 3.16. The third-order valence-electron chi connectivity index (χ3n) is 4.82. The maximum absolute atomic E-state index is 13.8. The van der Waals surface area contributed by atoms with Gasteiger partial charge in [-0.15, -0.1) is 0 Å². The van der Waals surface area contributed by atoms with Crippen LogP contribution in [0.15, 0.2) is 18.5 Å². The Balaban J connectivity index is 1.75. The molecule has 9 heteroatoms. The van der Waals surface area contributed by atoms with E-state index in [1.54, 1.807) is 10.8 Å². The van der Waals surface area contributed by atoms with E-state index in [9.17, 15) is 17.6 Å². The number of halogens is 4. The van der Waals surface area contributed by atoms with Crippen LogP contribution in [0.4, 0.5) is 23.4 Å². The van der Waals surface area contributed by atoms with Crippen LogP contribution in [0, 0.1) is 0 Å². The third kappa shape index (κ3) is 1.99. The van der Waals surface area contributed by atoms with Crippen molar-refractivity contribution in [2.45, 2.75) is 36.6 Å². The highest BCUT2D eigenvalue weighted by Crippen LogP contribution is 2.68. The van der Waals surface area contributed by atoms with Gasteiger partial charge in [0, 0.05) is 37.2 Å². The van der Waals surface area contributed by atoms with Gasteiger partial charge in [-0.1, -0.05) is 0 Å². The predicted molar refractivity (Wildman–Crippen MR) is 77.1 cm³/mol. The van der Waals surface area contributed by atoms with Gasteiger partial charge in [0.2, 0.25) is 0 Å². The van der Waals surface area contributed by atoms with Crippen LogP contribution < -0.4 is 10.5 Å². The lowest BCUT2D eigenvalue weighted by atomic mass is 9.47. The number of imidazole rings is 1. The molecule has 2 N–H and O–H groups in total. The normalized spacial score (nSPS) is 28.2. The fourth-order valence-electron chi connectivity index (χ4n) is 3.70. The Hall–Kier alpha value is -2.32. The molecule has 5 rings (SSSR count). The summed E-state index contributed by atoms with van der Waals surface area (Å²) in [6.07, 6.45) is -0.658. The molecule has 5 nitrogen and oxygen atoms in total. The van der Waals surface area contributed by atoms with Crippen molar-refractivity contribution in [1.82, 2.24) is 14.5 Å². The van der Waals surface area contributed by atoms with Crippen molar-refractivity contribution in [2.75, 3.05) is 12.8 Å². The van der Waals surface area contributed by atoms with Crippen molar-refractivity contribution >= 4 is 5.82 Å². The Morgan fingerprint density at radius 3 is 2.50 bits per heavy atom. The van der Waals surface area contributed by atoms with E-state index in [1.165, 1.54) is 13.3 Å². The first-order chi connectivity index (χ1) is 11.2. The minimum Gasteiger partial charge on any atom is -0.468 e. The van der Waals surface area contributed by atoms with E-state index in [-0.39, 0.29) is 22.8 Å². The molecule has 2 heterocycles. The fourth-order valence-corrected chi connectivity index (χ4v) is 3.70. The molecule has 0 aliphatic heterocycles. The summed E-state index contributed by atoms with van der Waals surface area (Å²) < 4.78 is 59.7. The lowest BCUT2D eigenvalue weighted by molar-refractivity contribution is -0.199. The van der Waals surface area contributed by atoms with Crippen LogP contribution in [0.3, 0.4) is 0 Å². The first-order valence-corrected chi connectivity index (χ1v) is 7.32. The average Bonchev–Trinajstić information content (AvgIpc) is 2.86. The number of pyridine rings is 1. The molecule has 24 heavy (non-hydrogen) atoms. The number of hydrogen-bond donors (Lipinski definition) is 1. The first-order valence-electron chi connectivity index (χ1n) is 7.32. The van der Waals surface area contributed by atoms with Crippen molar-refractivity contribution in [3.8, 4) is 17.3 Å². The maximum atomic E-state index is 13.8. The maximum Gasteiger partial charge on any atom is 0.419 e. The lowest BCUT2D eigenvalue weighted by Gasteiger charge is -2.65. The molecule has 3 fully saturated rings. The van der Waals surface area contributed by atoms with Gasteiger partial charge in [-0.3, -0.25) is 4.57 Å². The van der Waals surface area contributed by atoms with Gasteiger partial charge in [-0.05, 0) is 6.07 Å². The Bertz CT molecular complexity index is 810. The Labute approximate surface area is 134 Å². The summed E-state index contributed by atoms with van der Waals surface area (Å²) in [5, 5.41) is 0. The Morgan fingerprint density at radius 2 is 1.96 bits per heavy atom. The first kappa shape index (κ1) is 15.2. The van der Waals surface area contributed by atoms with Crippen LogP contribution in [-0.2, 0) is 11.7 Å². The van der Waals surface area contributed by atoms with Crippen LogP contribution in [0.2, 0.25) is 0 Å². The Morgan fingerprint density at radius 1 is 1.29 bits per heavy atom. The van der Waals surface area contributed by atoms with E-state index in [4.69, 9.17) is 10.5 Å². The molecular weight excluding hydrogens is 328 g/mol. The van der Waals surface area contributed by atoms with Crippen LogP contribution in [0.25, 0.3) is 11.3 Å². The van der Waals surface area contributed by atoms with Crippen LogP contribution >= 0.6 is 0 Å². The molecule has 0 amide bonds. The summed E-state index contributed by atoms with van der Waals surface area (Å²) in [5.74, 6) is -0.587. The number of alkyl halides is 4. The number of nitrogen functional groups attached to an aromatic ring is 1. The van der Waals surface area contributed by atoms with Crippen molar-refractivity contribution in [1.29, 1.82) is 0 Å². The number of rotatable bonds is 3. The molecule has 2 aromatic rings. The lowest BCUT2D eigenvalue weighted by Crippen LogP contribution is -2.69. The van der Waals surface area contributed by atoms with Gasteiger partial charge in [0.25, 0.3) is 6.01 Å². The number of nitrogens with zero attached hydrogens (tertiary/aromatic N) is 3. The molecule has 3 aliphatic carbocycles. The molecule has 2 aromatic heterocycles. The van der Waals surface area contributed by atoms with E-state index in [0.29, 0.717) is 19.3 Å². The van der Waals surface area contributed by atoms with Gasteiger partial charge in [-0.2, -0.15) is 18.2 Å². The van der Waals surface area contributed by atoms with E-state index in [2.05, 4.69) is 9.97 Å². The van der Waals surface area contributed by atoms with E-state index in [0.717, 1.165) is 6.07 Å². The number of hydrogen-bond acceptors (Lipinski definition) is 4. The molecule has 128 valence electrons. The molecule has 0 saturated heterocycles. The smallest absolute Gasteiger partial charge is 0.419 e.